The first-order valence-electron chi connectivity index (χ1n) is 10.3. The lowest BCUT2D eigenvalue weighted by molar-refractivity contribution is -0.167. The van der Waals surface area contributed by atoms with E-state index < -0.39 is 54.2 Å². The zero-order valence-electron chi connectivity index (χ0n) is 17.6. The van der Waals surface area contributed by atoms with Crippen LogP contribution in [0.4, 0.5) is 27.6 Å². The fourth-order valence-corrected chi connectivity index (χ4v) is 3.45. The number of ether oxygens (including phenoxy) is 1. The van der Waals surface area contributed by atoms with Gasteiger partial charge in [-0.25, -0.2) is 18.8 Å². The molecule has 0 spiro atoms. The van der Waals surface area contributed by atoms with Gasteiger partial charge in [0.25, 0.3) is 11.9 Å². The number of nitrogens with two attached hydrogens (primary N) is 1. The molecule has 1 aromatic heterocycles. The third-order valence-electron chi connectivity index (χ3n) is 5.41. The van der Waals surface area contributed by atoms with Crippen LogP contribution in [0, 0.1) is 23.6 Å². The van der Waals surface area contributed by atoms with Crippen molar-refractivity contribution in [2.45, 2.75) is 37.1 Å². The highest BCUT2D eigenvalue weighted by molar-refractivity contribution is 6.02. The standard InChI is InChI=1S/C23H19F5N4O2/c24-12-22(10-19(23(26,27)28)32-21(29)34-22)16-9-15(6-7-17(16)25)31-20(33)18-8-5-14(11-30-18)4-3-13-1-2-13/h5-9,11,13,19H,1-2,10,12H2,(H2,29,32)(H,31,33)/t19-,22+/m0/s1. The van der Waals surface area contributed by atoms with Crippen molar-refractivity contribution in [2.24, 2.45) is 16.6 Å². The van der Waals surface area contributed by atoms with Crippen molar-refractivity contribution in [3.05, 3.63) is 59.2 Å². The molecule has 2 aromatic rings. The minimum absolute atomic E-state index is 0.00173. The van der Waals surface area contributed by atoms with Crippen molar-refractivity contribution in [2.75, 3.05) is 12.0 Å². The second-order valence-corrected chi connectivity index (χ2v) is 8.08. The number of halogens is 5. The number of carbonyl (C=O) groups excluding carboxylic acids is 1. The molecule has 1 saturated carbocycles. The number of carbonyl (C=O) groups is 1. The molecule has 6 nitrogen and oxygen atoms in total. The van der Waals surface area contributed by atoms with Crippen molar-refractivity contribution in [3.8, 4) is 11.8 Å². The molecular formula is C23H19F5N4O2. The number of rotatable bonds is 4. The van der Waals surface area contributed by atoms with Gasteiger partial charge in [-0.3, -0.25) is 4.79 Å². The van der Waals surface area contributed by atoms with E-state index in [9.17, 15) is 26.7 Å². The summed E-state index contributed by atoms with van der Waals surface area (Å²) in [5.74, 6) is 4.76. The number of hydrogen-bond acceptors (Lipinski definition) is 5. The number of amidine groups is 1. The summed E-state index contributed by atoms with van der Waals surface area (Å²) in [5.41, 5.74) is 3.15. The molecule has 2 heterocycles. The smallest absolute Gasteiger partial charge is 0.411 e. The van der Waals surface area contributed by atoms with E-state index in [-0.39, 0.29) is 11.4 Å². The zero-order valence-corrected chi connectivity index (χ0v) is 17.6. The number of aromatic nitrogens is 1. The van der Waals surface area contributed by atoms with Crippen LogP contribution in [0.3, 0.4) is 0 Å². The van der Waals surface area contributed by atoms with Crippen LogP contribution in [0.5, 0.6) is 0 Å². The average molecular weight is 478 g/mol. The first kappa shape index (κ1) is 23.5. The van der Waals surface area contributed by atoms with Crippen molar-refractivity contribution in [1.82, 2.24) is 4.98 Å². The molecule has 0 saturated heterocycles. The molecule has 1 aliphatic heterocycles. The van der Waals surface area contributed by atoms with Gasteiger partial charge in [0, 0.05) is 35.3 Å². The number of amides is 1. The van der Waals surface area contributed by atoms with E-state index in [0.717, 1.165) is 25.0 Å². The van der Waals surface area contributed by atoms with Crippen molar-refractivity contribution >= 4 is 17.6 Å². The number of nitrogens with zero attached hydrogens (tertiary/aromatic N) is 2. The van der Waals surface area contributed by atoms with Crippen LogP contribution in [0.2, 0.25) is 0 Å². The Morgan fingerprint density at radius 1 is 1.26 bits per heavy atom. The molecule has 1 fully saturated rings. The Kier molecular flexibility index (Phi) is 6.17. The topological polar surface area (TPSA) is 89.6 Å². The van der Waals surface area contributed by atoms with Gasteiger partial charge in [-0.05, 0) is 43.2 Å². The predicted molar refractivity (Wildman–Crippen MR) is 113 cm³/mol. The molecule has 0 bridgehead atoms. The molecule has 34 heavy (non-hydrogen) atoms. The quantitative estimate of drug-likeness (QED) is 0.512. The number of nitrogens with one attached hydrogen (secondary N) is 1. The summed E-state index contributed by atoms with van der Waals surface area (Å²) in [7, 11) is 0. The van der Waals surface area contributed by atoms with E-state index in [2.05, 4.69) is 27.1 Å². The number of anilines is 1. The van der Waals surface area contributed by atoms with Crippen LogP contribution in [0.1, 0.15) is 40.9 Å². The Morgan fingerprint density at radius 3 is 2.65 bits per heavy atom. The minimum atomic E-state index is -4.84. The van der Waals surface area contributed by atoms with Crippen LogP contribution < -0.4 is 11.1 Å². The number of hydrogen-bond donors (Lipinski definition) is 2. The van der Waals surface area contributed by atoms with E-state index in [4.69, 9.17) is 10.5 Å². The monoisotopic (exact) mass is 478 g/mol. The van der Waals surface area contributed by atoms with Crippen LogP contribution >= 0.6 is 0 Å². The average Bonchev–Trinajstić information content (AvgIpc) is 3.63. The number of pyridine rings is 1. The molecule has 0 unspecified atom stereocenters. The highest BCUT2D eigenvalue weighted by atomic mass is 19.4. The minimum Gasteiger partial charge on any atom is -0.451 e. The van der Waals surface area contributed by atoms with Crippen LogP contribution in [-0.2, 0) is 10.3 Å². The van der Waals surface area contributed by atoms with Gasteiger partial charge in [-0.15, -0.1) is 0 Å². The summed E-state index contributed by atoms with van der Waals surface area (Å²) >= 11 is 0. The number of alkyl halides is 4. The Bertz CT molecular complexity index is 1180. The van der Waals surface area contributed by atoms with Gasteiger partial charge < -0.3 is 15.8 Å². The normalized spacial score (nSPS) is 22.1. The number of benzene rings is 1. The fourth-order valence-electron chi connectivity index (χ4n) is 3.45. The Balaban J connectivity index is 1.56. The second-order valence-electron chi connectivity index (χ2n) is 8.08. The van der Waals surface area contributed by atoms with Gasteiger partial charge >= 0.3 is 6.18 Å². The predicted octanol–water partition coefficient (Wildman–Crippen LogP) is 4.07. The van der Waals surface area contributed by atoms with E-state index in [1.807, 2.05) is 0 Å². The molecular weight excluding hydrogens is 459 g/mol. The summed E-state index contributed by atoms with van der Waals surface area (Å²) in [5, 5.41) is 2.47. The van der Waals surface area contributed by atoms with Gasteiger partial charge in [0.1, 0.15) is 18.2 Å². The fraction of sp³-hybridized carbons (Fsp3) is 0.348. The molecule has 3 N–H and O–H groups in total. The highest BCUT2D eigenvalue weighted by Gasteiger charge is 2.52. The first-order chi connectivity index (χ1) is 16.1. The summed E-state index contributed by atoms with van der Waals surface area (Å²) in [6.45, 7) is -1.50. The SMILES string of the molecule is NC1=N[C@H](C(F)(F)F)C[C@@](CF)(c2cc(NC(=O)c3ccc(C#CC4CC4)cn3)ccc2F)O1. The maximum atomic E-state index is 14.6. The Morgan fingerprint density at radius 2 is 2.03 bits per heavy atom. The van der Waals surface area contributed by atoms with Gasteiger partial charge in [-0.2, -0.15) is 13.2 Å². The Labute approximate surface area is 191 Å². The number of aliphatic imine (C=N–C) groups is 1. The molecule has 1 aliphatic carbocycles. The molecule has 2 atom stereocenters. The van der Waals surface area contributed by atoms with Crippen molar-refractivity contribution in [1.29, 1.82) is 0 Å². The van der Waals surface area contributed by atoms with Gasteiger partial charge in [0.15, 0.2) is 11.6 Å². The molecule has 1 aromatic carbocycles. The van der Waals surface area contributed by atoms with E-state index in [1.165, 1.54) is 18.3 Å². The highest BCUT2D eigenvalue weighted by Crippen LogP contribution is 2.42. The van der Waals surface area contributed by atoms with Crippen molar-refractivity contribution < 1.29 is 31.5 Å². The lowest BCUT2D eigenvalue weighted by Crippen LogP contribution is -2.48. The lowest BCUT2D eigenvalue weighted by atomic mass is 9.86. The molecule has 0 radical (unpaired) electrons. The summed E-state index contributed by atoms with van der Waals surface area (Å²) < 4.78 is 73.6. The third-order valence-corrected chi connectivity index (χ3v) is 5.41. The molecule has 11 heteroatoms. The van der Waals surface area contributed by atoms with E-state index in [1.54, 1.807) is 6.07 Å². The van der Waals surface area contributed by atoms with Crippen molar-refractivity contribution in [3.63, 3.8) is 0 Å². The van der Waals surface area contributed by atoms with Gasteiger partial charge in [0.2, 0.25) is 0 Å². The van der Waals surface area contributed by atoms with Gasteiger partial charge in [0.05, 0.1) is 0 Å². The summed E-state index contributed by atoms with van der Waals surface area (Å²) in [4.78, 5) is 19.8. The first-order valence-corrected chi connectivity index (χ1v) is 10.3. The van der Waals surface area contributed by atoms with Crippen LogP contribution in [-0.4, -0.2) is 35.8 Å². The largest absolute Gasteiger partial charge is 0.451 e. The molecule has 2 aliphatic rings. The van der Waals surface area contributed by atoms with Gasteiger partial charge in [-0.1, -0.05) is 11.8 Å². The maximum Gasteiger partial charge on any atom is 0.411 e. The van der Waals surface area contributed by atoms with E-state index in [0.29, 0.717) is 11.5 Å². The maximum absolute atomic E-state index is 14.6. The third kappa shape index (κ3) is 5.11. The van der Waals surface area contributed by atoms with Crippen LogP contribution in [0.25, 0.3) is 0 Å². The molecule has 178 valence electrons. The second kappa shape index (κ2) is 8.93. The molecule has 1 amide bonds. The van der Waals surface area contributed by atoms with E-state index >= 15 is 0 Å². The van der Waals surface area contributed by atoms with Crippen LogP contribution in [0.15, 0.2) is 41.5 Å². The lowest BCUT2D eigenvalue weighted by Gasteiger charge is -2.38. The summed E-state index contributed by atoms with van der Waals surface area (Å²) in [6.07, 6.45) is -2.27. The Hall–Kier alpha value is -3.68. The summed E-state index contributed by atoms with van der Waals surface area (Å²) in [6, 6.07) is 2.87. The zero-order chi connectivity index (χ0) is 24.5. The molecule has 4 rings (SSSR count).